The first-order chi connectivity index (χ1) is 15.7. The number of carbonyl (C=O) groups is 2. The van der Waals surface area contributed by atoms with Crippen LogP contribution < -0.4 is 0 Å². The van der Waals surface area contributed by atoms with Crippen molar-refractivity contribution in [2.24, 2.45) is 11.3 Å². The zero-order chi connectivity index (χ0) is 23.8. The van der Waals surface area contributed by atoms with E-state index < -0.39 is 12.1 Å². The molecule has 0 saturated heterocycles. The van der Waals surface area contributed by atoms with Crippen molar-refractivity contribution in [3.63, 3.8) is 0 Å². The second-order valence-corrected chi connectivity index (χ2v) is 10.2. The SMILES string of the molecule is CCc1ccc(C(=O)C(C)OC(=O)c2c3c(nc4ccccc24)CCC(C(C)(C)C)C3)cc1. The van der Waals surface area contributed by atoms with Gasteiger partial charge in [-0.1, -0.05) is 70.2 Å². The molecule has 4 nitrogen and oxygen atoms in total. The van der Waals surface area contributed by atoms with Gasteiger partial charge in [0.05, 0.1) is 11.1 Å². The van der Waals surface area contributed by atoms with Gasteiger partial charge in [-0.2, -0.15) is 0 Å². The second-order valence-electron chi connectivity index (χ2n) is 10.2. The fourth-order valence-corrected chi connectivity index (χ4v) is 4.77. The van der Waals surface area contributed by atoms with E-state index in [1.807, 2.05) is 48.5 Å². The number of fused-ring (bicyclic) bond motifs is 2. The zero-order valence-corrected chi connectivity index (χ0v) is 20.3. The number of aryl methyl sites for hydroxylation is 2. The van der Waals surface area contributed by atoms with Crippen LogP contribution in [0, 0.1) is 11.3 Å². The fourth-order valence-electron chi connectivity index (χ4n) is 4.77. The summed E-state index contributed by atoms with van der Waals surface area (Å²) in [5.41, 5.74) is 5.20. The Balaban J connectivity index is 1.68. The molecule has 4 heteroatoms. The third kappa shape index (κ3) is 4.71. The average molecular weight is 444 g/mol. The minimum atomic E-state index is -0.866. The number of hydrogen-bond acceptors (Lipinski definition) is 4. The summed E-state index contributed by atoms with van der Waals surface area (Å²) in [6, 6.07) is 15.2. The van der Waals surface area contributed by atoms with Gasteiger partial charge in [0.1, 0.15) is 0 Å². The molecular formula is C29H33NO3. The number of para-hydroxylation sites is 1. The quantitative estimate of drug-likeness (QED) is 0.339. The van der Waals surface area contributed by atoms with Gasteiger partial charge < -0.3 is 4.74 Å². The molecule has 3 aromatic rings. The Morgan fingerprint density at radius 3 is 2.45 bits per heavy atom. The number of benzene rings is 2. The van der Waals surface area contributed by atoms with E-state index >= 15 is 0 Å². The normalized spacial score (nSPS) is 16.8. The summed E-state index contributed by atoms with van der Waals surface area (Å²) in [7, 11) is 0. The molecule has 0 amide bonds. The first-order valence-electron chi connectivity index (χ1n) is 11.9. The van der Waals surface area contributed by atoms with Gasteiger partial charge in [0, 0.05) is 16.6 Å². The summed E-state index contributed by atoms with van der Waals surface area (Å²) in [4.78, 5) is 31.4. The van der Waals surface area contributed by atoms with Crippen molar-refractivity contribution >= 4 is 22.7 Å². The van der Waals surface area contributed by atoms with Crippen LogP contribution in [-0.4, -0.2) is 22.8 Å². The highest BCUT2D eigenvalue weighted by molar-refractivity contribution is 6.07. The molecule has 1 aliphatic rings. The lowest BCUT2D eigenvalue weighted by Crippen LogP contribution is -2.30. The predicted molar refractivity (Wildman–Crippen MR) is 132 cm³/mol. The molecule has 0 bridgehead atoms. The molecule has 0 fully saturated rings. The molecule has 2 atom stereocenters. The summed E-state index contributed by atoms with van der Waals surface area (Å²) >= 11 is 0. The van der Waals surface area contributed by atoms with Crippen molar-refractivity contribution in [2.45, 2.75) is 66.4 Å². The van der Waals surface area contributed by atoms with E-state index in [1.54, 1.807) is 6.92 Å². The number of rotatable bonds is 5. The van der Waals surface area contributed by atoms with Crippen molar-refractivity contribution < 1.29 is 14.3 Å². The highest BCUT2D eigenvalue weighted by Crippen LogP contribution is 2.39. The molecule has 1 heterocycles. The smallest absolute Gasteiger partial charge is 0.339 e. The van der Waals surface area contributed by atoms with Gasteiger partial charge in [0.15, 0.2) is 6.10 Å². The molecular weight excluding hydrogens is 410 g/mol. The van der Waals surface area contributed by atoms with E-state index in [0.29, 0.717) is 17.0 Å². The number of esters is 1. The van der Waals surface area contributed by atoms with Crippen molar-refractivity contribution in [2.75, 3.05) is 0 Å². The molecule has 0 N–H and O–H groups in total. The Hall–Kier alpha value is -3.01. The summed E-state index contributed by atoms with van der Waals surface area (Å²) in [6.07, 6.45) is 2.74. The van der Waals surface area contributed by atoms with Crippen LogP contribution in [0.4, 0.5) is 0 Å². The van der Waals surface area contributed by atoms with Crippen molar-refractivity contribution in [1.29, 1.82) is 0 Å². The monoisotopic (exact) mass is 443 g/mol. The zero-order valence-electron chi connectivity index (χ0n) is 20.3. The molecule has 0 spiro atoms. The van der Waals surface area contributed by atoms with Crippen LogP contribution in [-0.2, 0) is 24.0 Å². The lowest BCUT2D eigenvalue weighted by Gasteiger charge is -2.35. The number of hydrogen-bond donors (Lipinski definition) is 0. The molecule has 0 radical (unpaired) electrons. The van der Waals surface area contributed by atoms with Gasteiger partial charge >= 0.3 is 5.97 Å². The van der Waals surface area contributed by atoms with E-state index in [2.05, 4.69) is 27.7 Å². The second kappa shape index (κ2) is 9.09. The number of ether oxygens (including phenoxy) is 1. The van der Waals surface area contributed by atoms with Crippen LogP contribution >= 0.6 is 0 Å². The predicted octanol–water partition coefficient (Wildman–Crippen LogP) is 6.38. The number of ketones is 1. The maximum Gasteiger partial charge on any atom is 0.339 e. The Bertz CT molecular complexity index is 1190. The number of carbonyl (C=O) groups excluding carboxylic acids is 2. The number of pyridine rings is 1. The van der Waals surface area contributed by atoms with E-state index in [0.717, 1.165) is 47.8 Å². The van der Waals surface area contributed by atoms with E-state index in [-0.39, 0.29) is 11.2 Å². The summed E-state index contributed by atoms with van der Waals surface area (Å²) in [6.45, 7) is 10.5. The fraction of sp³-hybridized carbons (Fsp3) is 0.414. The van der Waals surface area contributed by atoms with E-state index in [4.69, 9.17) is 9.72 Å². The first-order valence-corrected chi connectivity index (χ1v) is 11.9. The molecule has 4 rings (SSSR count). The number of Topliss-reactive ketones (excluding diaryl/α,β-unsaturated/α-hetero) is 1. The Kier molecular flexibility index (Phi) is 6.38. The molecule has 0 saturated carbocycles. The lowest BCUT2D eigenvalue weighted by atomic mass is 9.70. The minimum Gasteiger partial charge on any atom is -0.451 e. The first kappa shape index (κ1) is 23.2. The third-order valence-corrected chi connectivity index (χ3v) is 6.99. The van der Waals surface area contributed by atoms with Crippen LogP contribution in [0.1, 0.15) is 78.6 Å². The average Bonchev–Trinajstić information content (AvgIpc) is 2.80. The topological polar surface area (TPSA) is 56.3 Å². The Labute approximate surface area is 196 Å². The van der Waals surface area contributed by atoms with Crippen LogP contribution in [0.25, 0.3) is 10.9 Å². The summed E-state index contributed by atoms with van der Waals surface area (Å²) < 4.78 is 5.79. The molecule has 172 valence electrons. The van der Waals surface area contributed by atoms with Crippen molar-refractivity contribution in [3.8, 4) is 0 Å². The van der Waals surface area contributed by atoms with Crippen molar-refractivity contribution in [1.82, 2.24) is 4.98 Å². The third-order valence-electron chi connectivity index (χ3n) is 6.99. The molecule has 1 aromatic heterocycles. The molecule has 0 aliphatic heterocycles. The largest absolute Gasteiger partial charge is 0.451 e. The van der Waals surface area contributed by atoms with Crippen molar-refractivity contribution in [3.05, 3.63) is 76.5 Å². The molecule has 33 heavy (non-hydrogen) atoms. The molecule has 2 unspecified atom stereocenters. The van der Waals surface area contributed by atoms with E-state index in [1.165, 1.54) is 5.56 Å². The number of nitrogens with zero attached hydrogens (tertiary/aromatic N) is 1. The summed E-state index contributed by atoms with van der Waals surface area (Å²) in [5, 5.41) is 0.794. The Morgan fingerprint density at radius 1 is 1.09 bits per heavy atom. The lowest BCUT2D eigenvalue weighted by molar-refractivity contribution is 0.0318. The molecule has 1 aliphatic carbocycles. The van der Waals surface area contributed by atoms with Gasteiger partial charge in [-0.05, 0) is 61.1 Å². The van der Waals surface area contributed by atoms with Crippen LogP contribution in [0.5, 0.6) is 0 Å². The van der Waals surface area contributed by atoms with Gasteiger partial charge in [0.2, 0.25) is 5.78 Å². The van der Waals surface area contributed by atoms with Gasteiger partial charge in [-0.3, -0.25) is 9.78 Å². The van der Waals surface area contributed by atoms with Crippen LogP contribution in [0.2, 0.25) is 0 Å². The minimum absolute atomic E-state index is 0.137. The standard InChI is InChI=1S/C29H33NO3/c1-6-19-11-13-20(14-12-19)27(31)18(2)33-28(32)26-22-9-7-8-10-24(22)30-25-16-15-21(17-23(25)26)29(3,4)5/h7-14,18,21H,6,15-17H2,1-5H3. The van der Waals surface area contributed by atoms with Gasteiger partial charge in [-0.15, -0.1) is 0 Å². The van der Waals surface area contributed by atoms with Crippen LogP contribution in [0.3, 0.4) is 0 Å². The molecule has 2 aromatic carbocycles. The highest BCUT2D eigenvalue weighted by Gasteiger charge is 2.33. The van der Waals surface area contributed by atoms with Gasteiger partial charge in [-0.25, -0.2) is 4.79 Å². The maximum absolute atomic E-state index is 13.5. The van der Waals surface area contributed by atoms with Gasteiger partial charge in [0.25, 0.3) is 0 Å². The van der Waals surface area contributed by atoms with Crippen LogP contribution in [0.15, 0.2) is 48.5 Å². The van der Waals surface area contributed by atoms with E-state index in [9.17, 15) is 9.59 Å². The highest BCUT2D eigenvalue weighted by atomic mass is 16.5. The Morgan fingerprint density at radius 2 is 1.79 bits per heavy atom. The number of aromatic nitrogens is 1. The maximum atomic E-state index is 13.5. The summed E-state index contributed by atoms with van der Waals surface area (Å²) in [5.74, 6) is -0.174.